The number of fused-ring (bicyclic) bond motifs is 2. The molecule has 0 aliphatic carbocycles. The van der Waals surface area contributed by atoms with Crippen LogP contribution in [0.1, 0.15) is 49.8 Å². The summed E-state index contributed by atoms with van der Waals surface area (Å²) in [6.07, 6.45) is 7.81. The van der Waals surface area contributed by atoms with Gasteiger partial charge in [-0.2, -0.15) is 5.10 Å². The second kappa shape index (κ2) is 8.85. The summed E-state index contributed by atoms with van der Waals surface area (Å²) in [4.78, 5) is 11.5. The Labute approximate surface area is 207 Å². The van der Waals surface area contributed by atoms with E-state index in [1.807, 2.05) is 9.20 Å². The summed E-state index contributed by atoms with van der Waals surface area (Å²) < 4.78 is 5.15. The van der Waals surface area contributed by atoms with E-state index in [-0.39, 0.29) is 6.61 Å². The van der Waals surface area contributed by atoms with Gasteiger partial charge in [-0.25, -0.2) is 14.2 Å². The van der Waals surface area contributed by atoms with E-state index in [2.05, 4.69) is 75.6 Å². The van der Waals surface area contributed by atoms with Crippen molar-refractivity contribution in [3.05, 3.63) is 42.0 Å². The van der Waals surface area contributed by atoms with Crippen LogP contribution in [0, 0.1) is 6.92 Å². The van der Waals surface area contributed by atoms with E-state index >= 15 is 0 Å². The Bertz CT molecular complexity index is 1480. The molecular weight excluding hydrogens is 460 g/mol. The SMILES string of the molecule is Cc1cc(-c2[nH]c3cc(-c4cn(C5CCN(CCO)CC5)nn4)sc3c2C(C)C)cn2ncnc12. The lowest BCUT2D eigenvalue weighted by molar-refractivity contribution is 0.145. The van der Waals surface area contributed by atoms with Crippen LogP contribution in [-0.4, -0.2) is 70.8 Å². The number of pyridine rings is 1. The molecule has 0 bridgehead atoms. The van der Waals surface area contributed by atoms with E-state index < -0.39 is 0 Å². The van der Waals surface area contributed by atoms with Gasteiger partial charge in [0.15, 0.2) is 5.65 Å². The van der Waals surface area contributed by atoms with Crippen LogP contribution < -0.4 is 0 Å². The molecule has 0 atom stereocenters. The Morgan fingerprint density at radius 3 is 2.80 bits per heavy atom. The van der Waals surface area contributed by atoms with Gasteiger partial charge >= 0.3 is 0 Å². The summed E-state index contributed by atoms with van der Waals surface area (Å²) in [7, 11) is 0. The fourth-order valence-corrected chi connectivity index (χ4v) is 6.51. The molecule has 2 N–H and O–H groups in total. The van der Waals surface area contributed by atoms with Crippen LogP contribution in [0.4, 0.5) is 0 Å². The first-order chi connectivity index (χ1) is 17.0. The Kier molecular flexibility index (Phi) is 5.66. The second-order valence-electron chi connectivity index (χ2n) is 9.74. The van der Waals surface area contributed by atoms with Crippen molar-refractivity contribution in [3.63, 3.8) is 0 Å². The smallest absolute Gasteiger partial charge is 0.158 e. The van der Waals surface area contributed by atoms with Crippen LogP contribution in [-0.2, 0) is 0 Å². The number of aryl methyl sites for hydroxylation is 1. The van der Waals surface area contributed by atoms with E-state index in [1.54, 1.807) is 17.7 Å². The minimum absolute atomic E-state index is 0.221. The number of nitrogens with one attached hydrogen (secondary N) is 1. The lowest BCUT2D eigenvalue weighted by atomic mass is 9.99. The fraction of sp³-hybridized carbons (Fsp3) is 0.440. The van der Waals surface area contributed by atoms with Crippen LogP contribution >= 0.6 is 11.3 Å². The van der Waals surface area contributed by atoms with Crippen molar-refractivity contribution in [3.8, 4) is 21.8 Å². The molecule has 1 aliphatic rings. The number of likely N-dealkylation sites (tertiary alicyclic amines) is 1. The number of thiophene rings is 1. The van der Waals surface area contributed by atoms with Gasteiger partial charge in [0.1, 0.15) is 12.0 Å². The van der Waals surface area contributed by atoms with Crippen LogP contribution in [0.15, 0.2) is 30.9 Å². The van der Waals surface area contributed by atoms with Gasteiger partial charge in [0.05, 0.1) is 39.6 Å². The summed E-state index contributed by atoms with van der Waals surface area (Å²) in [6.45, 7) is 9.51. The van der Waals surface area contributed by atoms with Crippen LogP contribution in [0.25, 0.3) is 37.7 Å². The second-order valence-corrected chi connectivity index (χ2v) is 10.8. The monoisotopic (exact) mass is 490 g/mol. The van der Waals surface area contributed by atoms with Crippen molar-refractivity contribution < 1.29 is 5.11 Å². The highest BCUT2D eigenvalue weighted by molar-refractivity contribution is 7.22. The highest BCUT2D eigenvalue weighted by atomic mass is 32.1. The van der Waals surface area contributed by atoms with Crippen LogP contribution in [0.5, 0.6) is 0 Å². The minimum atomic E-state index is 0.221. The van der Waals surface area contributed by atoms with Crippen molar-refractivity contribution in [1.82, 2.24) is 39.5 Å². The van der Waals surface area contributed by atoms with Gasteiger partial charge in [-0.1, -0.05) is 19.1 Å². The maximum Gasteiger partial charge on any atom is 0.158 e. The quantitative estimate of drug-likeness (QED) is 0.369. The number of aliphatic hydroxyl groups excluding tert-OH is 1. The number of rotatable bonds is 6. The zero-order valence-corrected chi connectivity index (χ0v) is 21.1. The van der Waals surface area contributed by atoms with E-state index in [9.17, 15) is 5.11 Å². The molecule has 6 rings (SSSR count). The minimum Gasteiger partial charge on any atom is -0.395 e. The van der Waals surface area contributed by atoms with E-state index in [4.69, 9.17) is 0 Å². The molecular formula is C25H30N8OS. The number of H-pyrrole nitrogens is 1. The summed E-state index contributed by atoms with van der Waals surface area (Å²) in [6, 6.07) is 4.75. The Balaban J connectivity index is 1.32. The van der Waals surface area contributed by atoms with Crippen LogP contribution in [0.3, 0.4) is 0 Å². The predicted molar refractivity (Wildman–Crippen MR) is 138 cm³/mol. The number of nitrogens with zero attached hydrogens (tertiary/aromatic N) is 7. The van der Waals surface area contributed by atoms with Crippen molar-refractivity contribution in [2.24, 2.45) is 0 Å². The number of piperidine rings is 1. The number of hydrogen-bond acceptors (Lipinski definition) is 7. The number of aliphatic hydroxyl groups is 1. The van der Waals surface area contributed by atoms with Gasteiger partial charge in [0, 0.05) is 31.4 Å². The zero-order chi connectivity index (χ0) is 24.1. The molecule has 1 saturated heterocycles. The first-order valence-electron chi connectivity index (χ1n) is 12.2. The predicted octanol–water partition coefficient (Wildman–Crippen LogP) is 4.26. The maximum absolute atomic E-state index is 9.18. The molecule has 1 aliphatic heterocycles. The number of hydrogen-bond donors (Lipinski definition) is 2. The molecule has 0 radical (unpaired) electrons. The van der Waals surface area contributed by atoms with Crippen molar-refractivity contribution >= 4 is 27.2 Å². The Morgan fingerprint density at radius 1 is 1.20 bits per heavy atom. The van der Waals surface area contributed by atoms with Gasteiger partial charge in [-0.3, -0.25) is 0 Å². The lowest BCUT2D eigenvalue weighted by Gasteiger charge is -2.31. The number of aromatic nitrogens is 7. The van der Waals surface area contributed by atoms with Gasteiger partial charge < -0.3 is 15.0 Å². The van der Waals surface area contributed by atoms with Crippen molar-refractivity contribution in [1.29, 1.82) is 0 Å². The molecule has 9 nitrogen and oxygen atoms in total. The summed E-state index contributed by atoms with van der Waals surface area (Å²) in [5.74, 6) is 0.358. The molecule has 35 heavy (non-hydrogen) atoms. The Hall–Kier alpha value is -3.08. The standard InChI is InChI=1S/C25H30N8OS/c1-15(2)22-23(17-10-16(3)25-26-14-27-33(25)12-17)28-19-11-21(35-24(19)22)20-13-32(30-29-20)18-4-6-31(7-5-18)8-9-34/h10-15,18,28,34H,4-9H2,1-3H3. The molecule has 5 aromatic heterocycles. The van der Waals surface area contributed by atoms with Gasteiger partial charge in [-0.15, -0.1) is 16.4 Å². The van der Waals surface area contributed by atoms with Gasteiger partial charge in [0.2, 0.25) is 0 Å². The fourth-order valence-electron chi connectivity index (χ4n) is 5.25. The number of aromatic amines is 1. The highest BCUT2D eigenvalue weighted by Crippen LogP contribution is 2.42. The zero-order valence-electron chi connectivity index (χ0n) is 20.3. The average Bonchev–Trinajstić information content (AvgIpc) is 3.61. The van der Waals surface area contributed by atoms with Crippen molar-refractivity contribution in [2.45, 2.75) is 45.6 Å². The highest BCUT2D eigenvalue weighted by Gasteiger charge is 2.24. The molecule has 10 heteroatoms. The molecule has 182 valence electrons. The molecule has 0 aromatic carbocycles. The molecule has 0 spiro atoms. The van der Waals surface area contributed by atoms with E-state index in [1.165, 1.54) is 10.3 Å². The van der Waals surface area contributed by atoms with Crippen LogP contribution in [0.2, 0.25) is 0 Å². The molecule has 0 saturated carbocycles. The summed E-state index contributed by atoms with van der Waals surface area (Å²) >= 11 is 1.78. The third-order valence-electron chi connectivity index (χ3n) is 7.04. The Morgan fingerprint density at radius 2 is 2.03 bits per heavy atom. The molecule has 1 fully saturated rings. The molecule has 0 unspecified atom stereocenters. The third-order valence-corrected chi connectivity index (χ3v) is 8.23. The molecule has 0 amide bonds. The van der Waals surface area contributed by atoms with E-state index in [0.717, 1.165) is 71.0 Å². The average molecular weight is 491 g/mol. The lowest BCUT2D eigenvalue weighted by Crippen LogP contribution is -2.36. The van der Waals surface area contributed by atoms with Gasteiger partial charge in [-0.05, 0) is 48.9 Å². The largest absolute Gasteiger partial charge is 0.395 e. The first kappa shape index (κ1) is 22.4. The summed E-state index contributed by atoms with van der Waals surface area (Å²) in [5, 5.41) is 22.5. The van der Waals surface area contributed by atoms with Gasteiger partial charge in [0.25, 0.3) is 0 Å². The number of β-amino-alcohol motifs (C(OH)–C–C–N with tert-alkyl or cyclic N) is 1. The normalized spacial score (nSPS) is 15.8. The maximum atomic E-state index is 9.18. The topological polar surface area (TPSA) is 100 Å². The van der Waals surface area contributed by atoms with Crippen molar-refractivity contribution in [2.75, 3.05) is 26.2 Å². The first-order valence-corrected chi connectivity index (χ1v) is 13.0. The third kappa shape index (κ3) is 3.95. The molecule has 5 aromatic rings. The molecule has 6 heterocycles. The summed E-state index contributed by atoms with van der Waals surface area (Å²) in [5.41, 5.74) is 7.63. The van der Waals surface area contributed by atoms with E-state index in [0.29, 0.717) is 12.0 Å².